The van der Waals surface area contributed by atoms with Crippen LogP contribution in [0.5, 0.6) is 0 Å². The summed E-state index contributed by atoms with van der Waals surface area (Å²) in [5.74, 6) is 1.97. The van der Waals surface area contributed by atoms with Gasteiger partial charge in [-0.15, -0.1) is 0 Å². The molecule has 2 rings (SSSR count). The second-order valence-electron chi connectivity index (χ2n) is 6.01. The summed E-state index contributed by atoms with van der Waals surface area (Å²) in [6.45, 7) is 8.46. The Kier molecular flexibility index (Phi) is 4.02. The summed E-state index contributed by atoms with van der Waals surface area (Å²) in [6, 6.07) is 0. The predicted octanol–water partition coefficient (Wildman–Crippen LogP) is 1.61. The van der Waals surface area contributed by atoms with Crippen LogP contribution in [0.15, 0.2) is 4.52 Å². The number of aromatic nitrogens is 2. The molecule has 2 heterocycles. The molecule has 0 aromatic carbocycles. The molecule has 1 aliphatic rings. The third-order valence-electron chi connectivity index (χ3n) is 3.21. The van der Waals surface area contributed by atoms with Gasteiger partial charge in [-0.1, -0.05) is 19.0 Å². The van der Waals surface area contributed by atoms with E-state index in [0.717, 1.165) is 31.6 Å². The monoisotopic (exact) mass is 253 g/mol. The molecule has 1 aromatic heterocycles. The third-order valence-corrected chi connectivity index (χ3v) is 3.21. The molecular formula is C13H23N3O2. The molecule has 102 valence electrons. The molecule has 0 aliphatic carbocycles. The molecule has 1 unspecified atom stereocenters. The van der Waals surface area contributed by atoms with Gasteiger partial charge < -0.3 is 9.63 Å². The van der Waals surface area contributed by atoms with Gasteiger partial charge in [-0.2, -0.15) is 4.98 Å². The highest BCUT2D eigenvalue weighted by Gasteiger charge is 2.29. The minimum absolute atomic E-state index is 0.533. The van der Waals surface area contributed by atoms with Crippen LogP contribution in [0.4, 0.5) is 0 Å². The van der Waals surface area contributed by atoms with Crippen molar-refractivity contribution in [3.63, 3.8) is 0 Å². The molecule has 0 bridgehead atoms. The van der Waals surface area contributed by atoms with Crippen LogP contribution in [0.2, 0.25) is 0 Å². The van der Waals surface area contributed by atoms with Gasteiger partial charge in [0, 0.05) is 13.0 Å². The molecule has 0 spiro atoms. The molecule has 0 amide bonds. The fourth-order valence-electron chi connectivity index (χ4n) is 2.45. The molecular weight excluding hydrogens is 230 g/mol. The lowest BCUT2D eigenvalue weighted by molar-refractivity contribution is -0.0207. The second kappa shape index (κ2) is 5.36. The first-order valence-corrected chi connectivity index (χ1v) is 6.71. The van der Waals surface area contributed by atoms with Gasteiger partial charge in [-0.05, 0) is 32.2 Å². The Labute approximate surface area is 108 Å². The first-order chi connectivity index (χ1) is 8.44. The van der Waals surface area contributed by atoms with Crippen molar-refractivity contribution >= 4 is 0 Å². The van der Waals surface area contributed by atoms with Crippen LogP contribution in [0, 0.1) is 5.92 Å². The van der Waals surface area contributed by atoms with E-state index in [0.29, 0.717) is 24.9 Å². The maximum Gasteiger partial charge on any atom is 0.240 e. The number of aliphatic hydroxyl groups is 1. The van der Waals surface area contributed by atoms with Gasteiger partial charge in [0.1, 0.15) is 0 Å². The maximum atomic E-state index is 10.0. The lowest BCUT2D eigenvalue weighted by atomic mass is 9.95. The summed E-state index contributed by atoms with van der Waals surface area (Å²) in [5.41, 5.74) is -0.584. The fourth-order valence-corrected chi connectivity index (χ4v) is 2.45. The summed E-state index contributed by atoms with van der Waals surface area (Å²) in [7, 11) is 0. The Morgan fingerprint density at radius 1 is 1.50 bits per heavy atom. The van der Waals surface area contributed by atoms with Crippen LogP contribution in [0.3, 0.4) is 0 Å². The molecule has 1 N–H and O–H groups in total. The number of nitrogens with zero attached hydrogens (tertiary/aromatic N) is 3. The molecule has 0 saturated carbocycles. The summed E-state index contributed by atoms with van der Waals surface area (Å²) in [5, 5.41) is 14.0. The minimum Gasteiger partial charge on any atom is -0.389 e. The normalized spacial score (nSPS) is 25.8. The first kappa shape index (κ1) is 13.5. The van der Waals surface area contributed by atoms with Crippen molar-refractivity contribution in [2.24, 2.45) is 5.92 Å². The zero-order valence-corrected chi connectivity index (χ0v) is 11.5. The fraction of sp³-hybridized carbons (Fsp3) is 0.846. The standard InChI is InChI=1S/C13H23N3O2/c1-10(2)7-11-14-12(18-15-11)8-16-6-4-5-13(3,17)9-16/h10,17H,4-9H2,1-3H3. The zero-order chi connectivity index (χ0) is 13.2. The van der Waals surface area contributed by atoms with Gasteiger partial charge in [-0.3, -0.25) is 4.90 Å². The van der Waals surface area contributed by atoms with E-state index in [2.05, 4.69) is 28.9 Å². The van der Waals surface area contributed by atoms with Gasteiger partial charge in [0.2, 0.25) is 5.89 Å². The van der Waals surface area contributed by atoms with Gasteiger partial charge >= 0.3 is 0 Å². The molecule has 18 heavy (non-hydrogen) atoms. The Balaban J connectivity index is 1.91. The second-order valence-corrected chi connectivity index (χ2v) is 6.01. The molecule has 1 saturated heterocycles. The zero-order valence-electron chi connectivity index (χ0n) is 11.5. The molecule has 1 atom stereocenters. The van der Waals surface area contributed by atoms with Crippen molar-refractivity contribution < 1.29 is 9.63 Å². The van der Waals surface area contributed by atoms with Gasteiger partial charge in [0.05, 0.1) is 12.1 Å². The average molecular weight is 253 g/mol. The van der Waals surface area contributed by atoms with Crippen LogP contribution in [0.25, 0.3) is 0 Å². The highest BCUT2D eigenvalue weighted by Crippen LogP contribution is 2.21. The largest absolute Gasteiger partial charge is 0.389 e. The summed E-state index contributed by atoms with van der Waals surface area (Å²) in [4.78, 5) is 6.57. The van der Waals surface area contributed by atoms with E-state index in [4.69, 9.17) is 4.52 Å². The summed E-state index contributed by atoms with van der Waals surface area (Å²) >= 11 is 0. The quantitative estimate of drug-likeness (QED) is 0.883. The van der Waals surface area contributed by atoms with Crippen LogP contribution in [0.1, 0.15) is 45.3 Å². The van der Waals surface area contributed by atoms with Crippen molar-refractivity contribution in [1.29, 1.82) is 0 Å². The van der Waals surface area contributed by atoms with Crippen LogP contribution in [-0.2, 0) is 13.0 Å². The van der Waals surface area contributed by atoms with Gasteiger partial charge in [0.15, 0.2) is 5.82 Å². The average Bonchev–Trinajstić information content (AvgIpc) is 2.62. The molecule has 1 fully saturated rings. The van der Waals surface area contributed by atoms with Crippen molar-refractivity contribution in [1.82, 2.24) is 15.0 Å². The van der Waals surface area contributed by atoms with Crippen molar-refractivity contribution in [3.8, 4) is 0 Å². The van der Waals surface area contributed by atoms with E-state index >= 15 is 0 Å². The topological polar surface area (TPSA) is 62.4 Å². The number of rotatable bonds is 4. The molecule has 1 aliphatic heterocycles. The third kappa shape index (κ3) is 3.78. The van der Waals surface area contributed by atoms with E-state index in [1.807, 2.05) is 6.92 Å². The predicted molar refractivity (Wildman–Crippen MR) is 68.0 cm³/mol. The molecule has 1 aromatic rings. The summed E-state index contributed by atoms with van der Waals surface area (Å²) in [6.07, 6.45) is 2.73. The molecule has 0 radical (unpaired) electrons. The smallest absolute Gasteiger partial charge is 0.240 e. The number of hydrogen-bond donors (Lipinski definition) is 1. The van der Waals surface area contributed by atoms with Crippen molar-refractivity contribution in [2.75, 3.05) is 13.1 Å². The van der Waals surface area contributed by atoms with Crippen LogP contribution < -0.4 is 0 Å². The minimum atomic E-state index is -0.584. The van der Waals surface area contributed by atoms with E-state index in [1.165, 1.54) is 0 Å². The molecule has 5 nitrogen and oxygen atoms in total. The van der Waals surface area contributed by atoms with E-state index < -0.39 is 5.60 Å². The number of likely N-dealkylation sites (tertiary alicyclic amines) is 1. The van der Waals surface area contributed by atoms with Crippen molar-refractivity contribution in [2.45, 2.75) is 52.2 Å². The highest BCUT2D eigenvalue weighted by molar-refractivity contribution is 4.90. The number of hydrogen-bond acceptors (Lipinski definition) is 5. The van der Waals surface area contributed by atoms with E-state index in [9.17, 15) is 5.11 Å². The SMILES string of the molecule is CC(C)Cc1noc(CN2CCCC(C)(O)C2)n1. The van der Waals surface area contributed by atoms with Crippen molar-refractivity contribution in [3.05, 3.63) is 11.7 Å². The van der Waals surface area contributed by atoms with Crippen LogP contribution >= 0.6 is 0 Å². The summed E-state index contributed by atoms with van der Waals surface area (Å²) < 4.78 is 5.25. The van der Waals surface area contributed by atoms with Gasteiger partial charge in [-0.25, -0.2) is 0 Å². The Hall–Kier alpha value is -0.940. The highest BCUT2D eigenvalue weighted by atomic mass is 16.5. The van der Waals surface area contributed by atoms with Gasteiger partial charge in [0.25, 0.3) is 0 Å². The Morgan fingerprint density at radius 2 is 2.28 bits per heavy atom. The van der Waals surface area contributed by atoms with E-state index in [1.54, 1.807) is 0 Å². The Morgan fingerprint density at radius 3 is 2.94 bits per heavy atom. The van der Waals surface area contributed by atoms with Crippen LogP contribution in [-0.4, -0.2) is 38.8 Å². The number of β-amino-alcohol motifs (C(OH)–C–C–N with tert-alkyl or cyclic N) is 1. The first-order valence-electron chi connectivity index (χ1n) is 6.71. The number of piperidine rings is 1. The maximum absolute atomic E-state index is 10.0. The molecule has 5 heteroatoms. The van der Waals surface area contributed by atoms with E-state index in [-0.39, 0.29) is 0 Å². The lowest BCUT2D eigenvalue weighted by Crippen LogP contribution is -2.45. The lowest BCUT2D eigenvalue weighted by Gasteiger charge is -2.35. The Bertz CT molecular complexity index is 387.